The van der Waals surface area contributed by atoms with Crippen LogP contribution in [0.2, 0.25) is 0 Å². The highest BCUT2D eigenvalue weighted by Gasteiger charge is 2.10. The van der Waals surface area contributed by atoms with Gasteiger partial charge in [0, 0.05) is 6.54 Å². The number of nitrogens with one attached hydrogen (secondary N) is 1. The second-order valence-electron chi connectivity index (χ2n) is 5.71. The number of aromatic nitrogens is 2. The van der Waals surface area contributed by atoms with E-state index in [1.807, 2.05) is 31.2 Å². The zero-order valence-corrected chi connectivity index (χ0v) is 14.7. The summed E-state index contributed by atoms with van der Waals surface area (Å²) in [4.78, 5) is 19.4. The molecule has 1 heterocycles. The number of benzene rings is 1. The minimum absolute atomic E-state index is 0.0460. The van der Waals surface area contributed by atoms with Crippen LogP contribution in [0.3, 0.4) is 0 Å². The highest BCUT2D eigenvalue weighted by molar-refractivity contribution is 5.92. The molecule has 0 amide bonds. The molecule has 0 aliphatic rings. The molecule has 0 spiro atoms. The monoisotopic (exact) mass is 342 g/mol. The Morgan fingerprint density at radius 1 is 1.20 bits per heavy atom. The Hall–Kier alpha value is -2.63. The molecule has 6 nitrogen and oxygen atoms in total. The second kappa shape index (κ2) is 9.61. The smallest absolute Gasteiger partial charge is 0.138 e. The molecule has 0 atom stereocenters. The maximum absolute atomic E-state index is 11.3. The van der Waals surface area contributed by atoms with E-state index in [2.05, 4.69) is 22.2 Å². The molecule has 0 saturated heterocycles. The molecule has 25 heavy (non-hydrogen) atoms. The lowest BCUT2D eigenvalue weighted by atomic mass is 10.1. The number of hydrogen-bond acceptors (Lipinski definition) is 6. The van der Waals surface area contributed by atoms with Crippen molar-refractivity contribution >= 4 is 11.8 Å². The quantitative estimate of drug-likeness (QED) is 0.666. The average molecular weight is 342 g/mol. The van der Waals surface area contributed by atoms with Gasteiger partial charge in [0.2, 0.25) is 0 Å². The van der Waals surface area contributed by atoms with Crippen molar-refractivity contribution in [3.63, 3.8) is 0 Å². The largest absolute Gasteiger partial charge is 0.545 e. The van der Waals surface area contributed by atoms with E-state index in [0.717, 1.165) is 37.2 Å². The topological polar surface area (TPSA) is 87.2 Å². The van der Waals surface area contributed by atoms with E-state index in [4.69, 9.17) is 4.74 Å². The molecule has 0 fully saturated rings. The number of carboxylic acids is 1. The van der Waals surface area contributed by atoms with Crippen LogP contribution in [0.15, 0.2) is 30.6 Å². The fraction of sp³-hybridized carbons (Fsp3) is 0.421. The zero-order valence-electron chi connectivity index (χ0n) is 14.7. The number of carbonyl (C=O) groups is 1. The lowest BCUT2D eigenvalue weighted by molar-refractivity contribution is -0.255. The summed E-state index contributed by atoms with van der Waals surface area (Å²) in [6, 6.07) is 7.94. The van der Waals surface area contributed by atoms with Crippen LogP contribution in [-0.4, -0.2) is 29.1 Å². The van der Waals surface area contributed by atoms with Gasteiger partial charge in [-0.2, -0.15) is 0 Å². The number of nitrogens with zero attached hydrogens (tertiary/aromatic N) is 2. The number of hydrogen-bond donors (Lipinski definition) is 1. The molecular formula is C19H24N3O3-. The van der Waals surface area contributed by atoms with E-state index in [1.54, 1.807) is 0 Å². The molecule has 1 N–H and O–H groups in total. The summed E-state index contributed by atoms with van der Waals surface area (Å²) >= 11 is 0. The Kier molecular flexibility index (Phi) is 7.19. The van der Waals surface area contributed by atoms with E-state index in [-0.39, 0.29) is 5.56 Å². The molecule has 0 unspecified atom stereocenters. The maximum Gasteiger partial charge on any atom is 0.138 e. The summed E-state index contributed by atoms with van der Waals surface area (Å²) in [5.41, 5.74) is 1.66. The van der Waals surface area contributed by atoms with Crippen molar-refractivity contribution < 1.29 is 14.6 Å². The molecule has 0 radical (unpaired) electrons. The average Bonchev–Trinajstić information content (AvgIpc) is 2.62. The maximum atomic E-state index is 11.3. The van der Waals surface area contributed by atoms with Crippen LogP contribution in [0, 0.1) is 0 Å². The van der Waals surface area contributed by atoms with Gasteiger partial charge in [-0.1, -0.05) is 32.4 Å². The number of unbranched alkanes of at least 4 members (excludes halogenated alkanes) is 1. The zero-order chi connectivity index (χ0) is 18.1. The first-order chi connectivity index (χ1) is 12.2. The predicted octanol–water partition coefficient (Wildman–Crippen LogP) is 2.24. The first-order valence-electron chi connectivity index (χ1n) is 8.66. The van der Waals surface area contributed by atoms with Crippen LogP contribution in [-0.2, 0) is 12.8 Å². The van der Waals surface area contributed by atoms with Crippen molar-refractivity contribution in [3.8, 4) is 5.75 Å². The summed E-state index contributed by atoms with van der Waals surface area (Å²) in [6.45, 7) is 5.28. The minimum Gasteiger partial charge on any atom is -0.545 e. The van der Waals surface area contributed by atoms with Gasteiger partial charge in [0.25, 0.3) is 0 Å². The van der Waals surface area contributed by atoms with Crippen LogP contribution in [0.5, 0.6) is 5.75 Å². The molecule has 1 aromatic carbocycles. The van der Waals surface area contributed by atoms with Crippen LogP contribution >= 0.6 is 0 Å². The standard InChI is InChI=1S/C19H25N3O3/c1-3-5-12-25-15-8-6-14(7-9-15)10-11-20-18-17(19(23)24)16(4-2)21-13-22-18/h6-9,13H,3-5,10-12H2,1-2H3,(H,23,24)(H,20,21,22)/p-1. The Morgan fingerprint density at radius 2 is 1.96 bits per heavy atom. The molecule has 0 aliphatic carbocycles. The lowest BCUT2D eigenvalue weighted by Crippen LogP contribution is -2.26. The van der Waals surface area contributed by atoms with Gasteiger partial charge in [-0.3, -0.25) is 0 Å². The Labute approximate surface area is 148 Å². The Balaban J connectivity index is 1.91. The van der Waals surface area contributed by atoms with Crippen LogP contribution < -0.4 is 15.2 Å². The number of carbonyl (C=O) groups excluding carboxylic acids is 1. The van der Waals surface area contributed by atoms with Crippen molar-refractivity contribution in [3.05, 3.63) is 47.4 Å². The highest BCUT2D eigenvalue weighted by Crippen LogP contribution is 2.16. The Morgan fingerprint density at radius 3 is 2.60 bits per heavy atom. The first-order valence-corrected chi connectivity index (χ1v) is 8.66. The van der Waals surface area contributed by atoms with Gasteiger partial charge in [-0.25, -0.2) is 9.97 Å². The number of rotatable bonds is 10. The molecule has 2 rings (SSSR count). The predicted molar refractivity (Wildman–Crippen MR) is 94.8 cm³/mol. The van der Waals surface area contributed by atoms with Gasteiger partial charge in [0.15, 0.2) is 0 Å². The van der Waals surface area contributed by atoms with E-state index < -0.39 is 5.97 Å². The van der Waals surface area contributed by atoms with Gasteiger partial charge in [-0.15, -0.1) is 0 Å². The van der Waals surface area contributed by atoms with Gasteiger partial charge in [-0.05, 0) is 37.0 Å². The number of carboxylic acid groups (broad SMARTS) is 1. The highest BCUT2D eigenvalue weighted by atomic mass is 16.5. The van der Waals surface area contributed by atoms with Gasteiger partial charge in [0.05, 0.1) is 23.8 Å². The molecule has 134 valence electrons. The SMILES string of the molecule is CCCCOc1ccc(CCNc2ncnc(CC)c2C(=O)[O-])cc1. The third-order valence-corrected chi connectivity index (χ3v) is 3.86. The third kappa shape index (κ3) is 5.45. The van der Waals surface area contributed by atoms with Crippen LogP contribution in [0.4, 0.5) is 5.82 Å². The van der Waals surface area contributed by atoms with Crippen LogP contribution in [0.25, 0.3) is 0 Å². The normalized spacial score (nSPS) is 10.5. The summed E-state index contributed by atoms with van der Waals surface area (Å²) < 4.78 is 5.64. The van der Waals surface area contributed by atoms with Crippen molar-refractivity contribution in [1.82, 2.24) is 9.97 Å². The number of anilines is 1. The molecule has 0 aliphatic heterocycles. The van der Waals surface area contributed by atoms with Crippen molar-refractivity contribution in [2.24, 2.45) is 0 Å². The molecule has 0 bridgehead atoms. The summed E-state index contributed by atoms with van der Waals surface area (Å²) in [5.74, 6) is -0.0762. The molecular weight excluding hydrogens is 318 g/mol. The van der Waals surface area contributed by atoms with Crippen molar-refractivity contribution in [1.29, 1.82) is 0 Å². The van der Waals surface area contributed by atoms with Crippen molar-refractivity contribution in [2.45, 2.75) is 39.5 Å². The fourth-order valence-electron chi connectivity index (χ4n) is 2.45. The van der Waals surface area contributed by atoms with E-state index in [1.165, 1.54) is 6.33 Å². The van der Waals surface area contributed by atoms with Crippen molar-refractivity contribution in [2.75, 3.05) is 18.5 Å². The fourth-order valence-corrected chi connectivity index (χ4v) is 2.45. The molecule has 1 aromatic heterocycles. The first kappa shape index (κ1) is 18.7. The number of aryl methyl sites for hydroxylation is 1. The van der Waals surface area contributed by atoms with Gasteiger partial charge in [0.1, 0.15) is 17.9 Å². The molecule has 0 saturated carbocycles. The lowest BCUT2D eigenvalue weighted by Gasteiger charge is -2.14. The summed E-state index contributed by atoms with van der Waals surface area (Å²) in [7, 11) is 0. The second-order valence-corrected chi connectivity index (χ2v) is 5.71. The molecule has 6 heteroatoms. The van der Waals surface area contributed by atoms with Gasteiger partial charge < -0.3 is 20.0 Å². The number of ether oxygens (including phenoxy) is 1. The van der Waals surface area contributed by atoms with Gasteiger partial charge >= 0.3 is 0 Å². The number of aromatic carboxylic acids is 1. The summed E-state index contributed by atoms with van der Waals surface area (Å²) in [5, 5.41) is 14.4. The third-order valence-electron chi connectivity index (χ3n) is 3.86. The van der Waals surface area contributed by atoms with E-state index in [9.17, 15) is 9.90 Å². The molecule has 2 aromatic rings. The Bertz CT molecular complexity index is 687. The minimum atomic E-state index is -1.26. The van der Waals surface area contributed by atoms with Crippen LogP contribution in [0.1, 0.15) is 48.3 Å². The van der Waals surface area contributed by atoms with E-state index >= 15 is 0 Å². The van der Waals surface area contributed by atoms with E-state index in [0.29, 0.717) is 24.5 Å². The summed E-state index contributed by atoms with van der Waals surface area (Å²) in [6.07, 6.45) is 4.79.